The first kappa shape index (κ1) is 17.0. The fourth-order valence-electron chi connectivity index (χ4n) is 2.47. The van der Waals surface area contributed by atoms with Gasteiger partial charge in [-0.05, 0) is 38.8 Å². The van der Waals surface area contributed by atoms with Crippen LogP contribution >= 0.6 is 0 Å². The van der Waals surface area contributed by atoms with Gasteiger partial charge in [-0.15, -0.1) is 0 Å². The molecule has 0 aromatic rings. The Morgan fingerprint density at radius 2 is 1.90 bits per heavy atom. The molecule has 0 bridgehead atoms. The summed E-state index contributed by atoms with van der Waals surface area (Å²) < 4.78 is 4.79. The standard InChI is InChI=1S/C15H28N2O3/c1-3-20-15(19)8-7-14(18)16-11-13(2)12-17-9-5-4-6-10-17/h13H,3-12H2,1-2H3,(H,16,18). The fourth-order valence-corrected chi connectivity index (χ4v) is 2.47. The molecule has 1 amide bonds. The van der Waals surface area contributed by atoms with E-state index < -0.39 is 0 Å². The predicted octanol–water partition coefficient (Wildman–Crippen LogP) is 1.57. The van der Waals surface area contributed by atoms with E-state index in [4.69, 9.17) is 4.74 Å². The third-order valence-corrected chi connectivity index (χ3v) is 3.53. The van der Waals surface area contributed by atoms with E-state index in [-0.39, 0.29) is 24.7 Å². The Labute approximate surface area is 122 Å². The molecule has 5 nitrogen and oxygen atoms in total. The summed E-state index contributed by atoms with van der Waals surface area (Å²) in [5.41, 5.74) is 0. The quantitative estimate of drug-likeness (QED) is 0.687. The molecule has 116 valence electrons. The molecule has 0 spiro atoms. The van der Waals surface area contributed by atoms with Crippen LogP contribution in [0.2, 0.25) is 0 Å². The summed E-state index contributed by atoms with van der Waals surface area (Å²) in [5.74, 6) is 0.0761. The minimum Gasteiger partial charge on any atom is -0.466 e. The Morgan fingerprint density at radius 1 is 1.20 bits per heavy atom. The summed E-state index contributed by atoms with van der Waals surface area (Å²) >= 11 is 0. The number of piperidine rings is 1. The molecule has 0 aliphatic carbocycles. The van der Waals surface area contributed by atoms with Crippen molar-refractivity contribution < 1.29 is 14.3 Å². The Bertz CT molecular complexity index is 301. The van der Waals surface area contributed by atoms with Crippen molar-refractivity contribution in [1.29, 1.82) is 0 Å². The molecule has 20 heavy (non-hydrogen) atoms. The smallest absolute Gasteiger partial charge is 0.306 e. The zero-order valence-corrected chi connectivity index (χ0v) is 12.8. The fraction of sp³-hybridized carbons (Fsp3) is 0.867. The summed E-state index contributed by atoms with van der Waals surface area (Å²) in [7, 11) is 0. The molecule has 1 unspecified atom stereocenters. The maximum Gasteiger partial charge on any atom is 0.306 e. The first-order valence-electron chi connectivity index (χ1n) is 7.76. The van der Waals surface area contributed by atoms with Crippen molar-refractivity contribution in [3.63, 3.8) is 0 Å². The lowest BCUT2D eigenvalue weighted by molar-refractivity contribution is -0.144. The molecule has 0 radical (unpaired) electrons. The first-order valence-corrected chi connectivity index (χ1v) is 7.76. The van der Waals surface area contributed by atoms with Crippen LogP contribution in [0.4, 0.5) is 0 Å². The highest BCUT2D eigenvalue weighted by atomic mass is 16.5. The number of nitrogens with one attached hydrogen (secondary N) is 1. The maximum absolute atomic E-state index is 11.6. The van der Waals surface area contributed by atoms with Crippen LogP contribution in [-0.2, 0) is 14.3 Å². The average Bonchev–Trinajstić information content (AvgIpc) is 2.44. The number of amides is 1. The monoisotopic (exact) mass is 284 g/mol. The molecule has 1 N–H and O–H groups in total. The zero-order valence-electron chi connectivity index (χ0n) is 12.8. The van der Waals surface area contributed by atoms with Crippen molar-refractivity contribution in [2.75, 3.05) is 32.8 Å². The second-order valence-electron chi connectivity index (χ2n) is 5.58. The Balaban J connectivity index is 2.08. The Kier molecular flexibility index (Phi) is 8.26. The molecule has 0 aromatic carbocycles. The van der Waals surface area contributed by atoms with Gasteiger partial charge >= 0.3 is 5.97 Å². The van der Waals surface area contributed by atoms with E-state index in [1.165, 1.54) is 32.4 Å². The largest absolute Gasteiger partial charge is 0.466 e. The van der Waals surface area contributed by atoms with Crippen LogP contribution in [0.3, 0.4) is 0 Å². The topological polar surface area (TPSA) is 58.6 Å². The normalized spacial score (nSPS) is 17.5. The number of hydrogen-bond donors (Lipinski definition) is 1. The summed E-state index contributed by atoms with van der Waals surface area (Å²) in [6.07, 6.45) is 4.31. The second kappa shape index (κ2) is 9.75. The highest BCUT2D eigenvalue weighted by molar-refractivity contribution is 5.81. The van der Waals surface area contributed by atoms with Gasteiger partial charge in [-0.25, -0.2) is 0 Å². The molecule has 5 heteroatoms. The Hall–Kier alpha value is -1.10. The van der Waals surface area contributed by atoms with Crippen LogP contribution in [0, 0.1) is 5.92 Å². The summed E-state index contributed by atoms with van der Waals surface area (Å²) in [6.45, 7) is 8.37. The van der Waals surface area contributed by atoms with E-state index in [0.29, 0.717) is 19.1 Å². The summed E-state index contributed by atoms with van der Waals surface area (Å²) in [6, 6.07) is 0. The molecular formula is C15H28N2O3. The second-order valence-corrected chi connectivity index (χ2v) is 5.58. The minimum atomic E-state index is -0.302. The number of hydrogen-bond acceptors (Lipinski definition) is 4. The Morgan fingerprint density at radius 3 is 2.55 bits per heavy atom. The molecule has 1 fully saturated rings. The van der Waals surface area contributed by atoms with E-state index in [1.807, 2.05) is 0 Å². The van der Waals surface area contributed by atoms with Crippen molar-refractivity contribution in [1.82, 2.24) is 10.2 Å². The lowest BCUT2D eigenvalue weighted by Crippen LogP contribution is -2.38. The minimum absolute atomic E-state index is 0.0662. The molecule has 1 heterocycles. The summed E-state index contributed by atoms with van der Waals surface area (Å²) in [5, 5.41) is 2.90. The van der Waals surface area contributed by atoms with Gasteiger partial charge in [0.2, 0.25) is 5.91 Å². The van der Waals surface area contributed by atoms with Gasteiger partial charge in [0.1, 0.15) is 0 Å². The zero-order chi connectivity index (χ0) is 14.8. The number of nitrogens with zero attached hydrogens (tertiary/aromatic N) is 1. The third-order valence-electron chi connectivity index (χ3n) is 3.53. The molecule has 1 aliphatic heterocycles. The van der Waals surface area contributed by atoms with Crippen molar-refractivity contribution in [2.24, 2.45) is 5.92 Å². The highest BCUT2D eigenvalue weighted by Gasteiger charge is 2.14. The number of rotatable bonds is 8. The van der Waals surface area contributed by atoms with E-state index in [2.05, 4.69) is 17.1 Å². The van der Waals surface area contributed by atoms with Crippen LogP contribution in [-0.4, -0.2) is 49.6 Å². The predicted molar refractivity (Wildman–Crippen MR) is 78.3 cm³/mol. The van der Waals surface area contributed by atoms with Gasteiger partial charge in [0.05, 0.1) is 13.0 Å². The van der Waals surface area contributed by atoms with Gasteiger partial charge in [0.15, 0.2) is 0 Å². The van der Waals surface area contributed by atoms with E-state index >= 15 is 0 Å². The van der Waals surface area contributed by atoms with Crippen LogP contribution < -0.4 is 5.32 Å². The number of esters is 1. The molecule has 1 saturated heterocycles. The SMILES string of the molecule is CCOC(=O)CCC(=O)NCC(C)CN1CCCCC1. The number of carbonyl (C=O) groups excluding carboxylic acids is 2. The highest BCUT2D eigenvalue weighted by Crippen LogP contribution is 2.10. The molecule has 0 aromatic heterocycles. The average molecular weight is 284 g/mol. The molecule has 1 aliphatic rings. The lowest BCUT2D eigenvalue weighted by atomic mass is 10.1. The van der Waals surface area contributed by atoms with Crippen LogP contribution in [0.25, 0.3) is 0 Å². The van der Waals surface area contributed by atoms with Gasteiger partial charge in [-0.1, -0.05) is 13.3 Å². The number of carbonyl (C=O) groups is 2. The van der Waals surface area contributed by atoms with Crippen LogP contribution in [0.1, 0.15) is 46.0 Å². The lowest BCUT2D eigenvalue weighted by Gasteiger charge is -2.29. The van der Waals surface area contributed by atoms with Gasteiger partial charge < -0.3 is 15.0 Å². The molecular weight excluding hydrogens is 256 g/mol. The van der Waals surface area contributed by atoms with Gasteiger partial charge in [0.25, 0.3) is 0 Å². The number of ether oxygens (including phenoxy) is 1. The van der Waals surface area contributed by atoms with Crippen LogP contribution in [0.15, 0.2) is 0 Å². The summed E-state index contributed by atoms with van der Waals surface area (Å²) in [4.78, 5) is 25.2. The van der Waals surface area contributed by atoms with E-state index in [0.717, 1.165) is 6.54 Å². The number of likely N-dealkylation sites (tertiary alicyclic amines) is 1. The van der Waals surface area contributed by atoms with Gasteiger partial charge in [-0.3, -0.25) is 9.59 Å². The molecule has 1 atom stereocenters. The van der Waals surface area contributed by atoms with E-state index in [9.17, 15) is 9.59 Å². The van der Waals surface area contributed by atoms with Crippen molar-refractivity contribution >= 4 is 11.9 Å². The van der Waals surface area contributed by atoms with Gasteiger partial charge in [-0.2, -0.15) is 0 Å². The van der Waals surface area contributed by atoms with Crippen LogP contribution in [0.5, 0.6) is 0 Å². The first-order chi connectivity index (χ1) is 9.61. The molecule has 0 saturated carbocycles. The van der Waals surface area contributed by atoms with Gasteiger partial charge in [0, 0.05) is 19.5 Å². The van der Waals surface area contributed by atoms with Crippen molar-refractivity contribution in [3.8, 4) is 0 Å². The maximum atomic E-state index is 11.6. The molecule has 1 rings (SSSR count). The third kappa shape index (κ3) is 7.48. The van der Waals surface area contributed by atoms with Crippen molar-refractivity contribution in [3.05, 3.63) is 0 Å². The van der Waals surface area contributed by atoms with Crippen molar-refractivity contribution in [2.45, 2.75) is 46.0 Å². The van der Waals surface area contributed by atoms with E-state index in [1.54, 1.807) is 6.92 Å².